The van der Waals surface area contributed by atoms with Crippen molar-refractivity contribution in [3.05, 3.63) is 90.0 Å². The molecular formula is C26H18ClN3O2S2. The van der Waals surface area contributed by atoms with E-state index in [0.29, 0.717) is 27.7 Å². The van der Waals surface area contributed by atoms with Crippen molar-refractivity contribution in [3.63, 3.8) is 0 Å². The van der Waals surface area contributed by atoms with E-state index in [9.17, 15) is 4.79 Å². The average molecular weight is 504 g/mol. The van der Waals surface area contributed by atoms with Crippen LogP contribution in [-0.2, 0) is 4.79 Å². The molecule has 5 rings (SSSR count). The summed E-state index contributed by atoms with van der Waals surface area (Å²) in [6.07, 6.45) is 0. The zero-order valence-corrected chi connectivity index (χ0v) is 20.1. The molecule has 4 aromatic carbocycles. The van der Waals surface area contributed by atoms with Gasteiger partial charge in [0.25, 0.3) is 0 Å². The van der Waals surface area contributed by atoms with E-state index in [1.165, 1.54) is 11.8 Å². The Morgan fingerprint density at radius 2 is 1.76 bits per heavy atom. The second kappa shape index (κ2) is 9.85. The van der Waals surface area contributed by atoms with Gasteiger partial charge in [0, 0.05) is 21.2 Å². The Morgan fingerprint density at radius 3 is 2.59 bits per heavy atom. The Bertz CT molecular complexity index is 1520. The van der Waals surface area contributed by atoms with Gasteiger partial charge in [-0.3, -0.25) is 4.79 Å². The van der Waals surface area contributed by atoms with Gasteiger partial charge in [0.1, 0.15) is 5.52 Å². The average Bonchev–Trinajstić information content (AvgIpc) is 3.27. The molecular weight excluding hydrogens is 486 g/mol. The molecule has 0 atom stereocenters. The molecule has 0 saturated carbocycles. The summed E-state index contributed by atoms with van der Waals surface area (Å²) in [5, 5.41) is 8.90. The number of benzene rings is 4. The lowest BCUT2D eigenvalue weighted by atomic mass is 10.1. The largest absolute Gasteiger partial charge is 0.436 e. The summed E-state index contributed by atoms with van der Waals surface area (Å²) in [5.41, 5.74) is 2.98. The van der Waals surface area contributed by atoms with Crippen LogP contribution in [0.5, 0.6) is 0 Å². The number of hydrogen-bond acceptors (Lipinski definition) is 5. The SMILES string of the molecule is O=C(CSc1ccc(Cl)cc1)NC(=S)Nc1ccc2oc(-c3ccc4ccccc4c3)nc2c1. The van der Waals surface area contributed by atoms with E-state index >= 15 is 0 Å². The van der Waals surface area contributed by atoms with Crippen molar-refractivity contribution >= 4 is 74.2 Å². The number of aromatic nitrogens is 1. The fraction of sp³-hybridized carbons (Fsp3) is 0.0385. The van der Waals surface area contributed by atoms with Gasteiger partial charge in [-0.25, -0.2) is 4.98 Å². The molecule has 0 spiro atoms. The van der Waals surface area contributed by atoms with E-state index in [-0.39, 0.29) is 16.8 Å². The fourth-order valence-corrected chi connectivity index (χ4v) is 4.51. The van der Waals surface area contributed by atoms with E-state index in [1.54, 1.807) is 12.1 Å². The van der Waals surface area contributed by atoms with Crippen LogP contribution in [0.3, 0.4) is 0 Å². The molecule has 0 aliphatic heterocycles. The molecule has 1 amide bonds. The maximum Gasteiger partial charge on any atom is 0.236 e. The summed E-state index contributed by atoms with van der Waals surface area (Å²) in [6.45, 7) is 0. The first-order valence-electron chi connectivity index (χ1n) is 10.4. The van der Waals surface area contributed by atoms with Crippen LogP contribution in [-0.4, -0.2) is 21.8 Å². The minimum Gasteiger partial charge on any atom is -0.436 e. The number of hydrogen-bond donors (Lipinski definition) is 2. The third kappa shape index (κ3) is 5.22. The van der Waals surface area contributed by atoms with Crippen LogP contribution in [0.4, 0.5) is 5.69 Å². The molecule has 2 N–H and O–H groups in total. The van der Waals surface area contributed by atoms with Gasteiger partial charge in [-0.1, -0.05) is 41.9 Å². The van der Waals surface area contributed by atoms with Crippen molar-refractivity contribution in [1.29, 1.82) is 0 Å². The van der Waals surface area contributed by atoms with Gasteiger partial charge in [-0.2, -0.15) is 0 Å². The summed E-state index contributed by atoms with van der Waals surface area (Å²) in [7, 11) is 0. The van der Waals surface area contributed by atoms with E-state index < -0.39 is 0 Å². The number of nitrogens with zero attached hydrogens (tertiary/aromatic N) is 1. The lowest BCUT2D eigenvalue weighted by molar-refractivity contribution is -0.117. The number of rotatable bonds is 5. The number of thioether (sulfide) groups is 1. The summed E-state index contributed by atoms with van der Waals surface area (Å²) in [4.78, 5) is 17.8. The molecule has 0 fully saturated rings. The first-order chi connectivity index (χ1) is 16.5. The van der Waals surface area contributed by atoms with Gasteiger partial charge >= 0.3 is 0 Å². The minimum atomic E-state index is -0.196. The molecule has 1 aromatic heterocycles. The van der Waals surface area contributed by atoms with Crippen molar-refractivity contribution < 1.29 is 9.21 Å². The second-order valence-corrected chi connectivity index (χ2v) is 9.40. The summed E-state index contributed by atoms with van der Waals surface area (Å²) in [6, 6.07) is 27.1. The Balaban J connectivity index is 1.23. The Morgan fingerprint density at radius 1 is 0.971 bits per heavy atom. The molecule has 5 aromatic rings. The Labute approximate surface area is 210 Å². The zero-order valence-electron chi connectivity index (χ0n) is 17.7. The van der Waals surface area contributed by atoms with Crippen molar-refractivity contribution in [2.75, 3.05) is 11.1 Å². The minimum absolute atomic E-state index is 0.196. The zero-order chi connectivity index (χ0) is 23.5. The number of carbonyl (C=O) groups is 1. The van der Waals surface area contributed by atoms with Crippen LogP contribution in [0.25, 0.3) is 33.3 Å². The van der Waals surface area contributed by atoms with E-state index in [4.69, 9.17) is 28.2 Å². The number of carbonyl (C=O) groups excluding carboxylic acids is 1. The van der Waals surface area contributed by atoms with Crippen LogP contribution in [0.2, 0.25) is 5.02 Å². The molecule has 0 aliphatic rings. The van der Waals surface area contributed by atoms with Crippen LogP contribution in [0.15, 0.2) is 94.2 Å². The molecule has 5 nitrogen and oxygen atoms in total. The monoisotopic (exact) mass is 503 g/mol. The predicted molar refractivity (Wildman–Crippen MR) is 143 cm³/mol. The predicted octanol–water partition coefficient (Wildman–Crippen LogP) is 6.91. The number of anilines is 1. The van der Waals surface area contributed by atoms with Crippen LogP contribution < -0.4 is 10.6 Å². The molecule has 0 aliphatic carbocycles. The van der Waals surface area contributed by atoms with E-state index in [0.717, 1.165) is 21.2 Å². The molecule has 0 unspecified atom stereocenters. The quantitative estimate of drug-likeness (QED) is 0.201. The first-order valence-corrected chi connectivity index (χ1v) is 12.2. The van der Waals surface area contributed by atoms with Gasteiger partial charge in [-0.05, 0) is 77.6 Å². The number of amides is 1. The number of oxazole rings is 1. The maximum atomic E-state index is 12.2. The van der Waals surface area contributed by atoms with Crippen LogP contribution >= 0.6 is 35.6 Å². The second-order valence-electron chi connectivity index (χ2n) is 7.51. The van der Waals surface area contributed by atoms with Crippen LogP contribution in [0.1, 0.15) is 0 Å². The lowest BCUT2D eigenvalue weighted by Crippen LogP contribution is -2.35. The Hall–Kier alpha value is -3.39. The lowest BCUT2D eigenvalue weighted by Gasteiger charge is -2.09. The van der Waals surface area contributed by atoms with Crippen molar-refractivity contribution in [2.45, 2.75) is 4.90 Å². The highest BCUT2D eigenvalue weighted by Gasteiger charge is 2.11. The number of halogens is 1. The molecule has 8 heteroatoms. The van der Waals surface area contributed by atoms with E-state index in [1.807, 2.05) is 48.5 Å². The molecule has 34 heavy (non-hydrogen) atoms. The summed E-state index contributed by atoms with van der Waals surface area (Å²) >= 11 is 12.6. The topological polar surface area (TPSA) is 67.2 Å². The maximum absolute atomic E-state index is 12.2. The van der Waals surface area contributed by atoms with E-state index in [2.05, 4.69) is 39.9 Å². The van der Waals surface area contributed by atoms with Crippen molar-refractivity contribution in [2.24, 2.45) is 0 Å². The molecule has 0 saturated heterocycles. The van der Waals surface area contributed by atoms with Crippen molar-refractivity contribution in [1.82, 2.24) is 10.3 Å². The Kier molecular flexibility index (Phi) is 6.49. The smallest absolute Gasteiger partial charge is 0.236 e. The summed E-state index contributed by atoms with van der Waals surface area (Å²) in [5.74, 6) is 0.590. The fourth-order valence-electron chi connectivity index (χ4n) is 3.46. The van der Waals surface area contributed by atoms with Crippen LogP contribution in [0, 0.1) is 0 Å². The standard InChI is InChI=1S/C26H18ClN3O2S2/c27-19-7-10-21(11-8-19)34-15-24(31)30-26(33)28-20-9-12-23-22(14-20)29-25(32-23)18-6-5-16-3-1-2-4-17(16)13-18/h1-14H,15H2,(H2,28,30,31,33). The molecule has 1 heterocycles. The number of thiocarbonyl (C=S) groups is 1. The van der Waals surface area contributed by atoms with Gasteiger partial charge < -0.3 is 15.1 Å². The summed E-state index contributed by atoms with van der Waals surface area (Å²) < 4.78 is 5.96. The molecule has 0 radical (unpaired) electrons. The third-order valence-electron chi connectivity index (χ3n) is 5.08. The highest BCUT2D eigenvalue weighted by molar-refractivity contribution is 8.00. The number of fused-ring (bicyclic) bond motifs is 2. The first kappa shape index (κ1) is 22.4. The van der Waals surface area contributed by atoms with Gasteiger partial charge in [0.2, 0.25) is 11.8 Å². The van der Waals surface area contributed by atoms with Gasteiger partial charge in [0.05, 0.1) is 5.75 Å². The highest BCUT2D eigenvalue weighted by Crippen LogP contribution is 2.28. The van der Waals surface area contributed by atoms with Gasteiger partial charge in [0.15, 0.2) is 10.7 Å². The third-order valence-corrected chi connectivity index (χ3v) is 6.55. The normalized spacial score (nSPS) is 11.0. The highest BCUT2D eigenvalue weighted by atomic mass is 35.5. The molecule has 0 bridgehead atoms. The van der Waals surface area contributed by atoms with Gasteiger partial charge in [-0.15, -0.1) is 11.8 Å². The number of nitrogens with one attached hydrogen (secondary N) is 2. The molecule has 168 valence electrons. The van der Waals surface area contributed by atoms with Crippen molar-refractivity contribution in [3.8, 4) is 11.5 Å².